The van der Waals surface area contributed by atoms with Gasteiger partial charge in [0, 0.05) is 80.5 Å². The zero-order chi connectivity index (χ0) is 74.9. The third-order valence-electron chi connectivity index (χ3n) is 19.1. The van der Waals surface area contributed by atoms with E-state index in [-0.39, 0.29) is 56.6 Å². The Kier molecular flexibility index (Phi) is 37.3. The van der Waals surface area contributed by atoms with E-state index in [1.165, 1.54) is 89.7 Å². The third-order valence-corrected chi connectivity index (χ3v) is 19.1. The van der Waals surface area contributed by atoms with E-state index in [1.807, 2.05) is 41.5 Å². The lowest BCUT2D eigenvalue weighted by Crippen LogP contribution is -2.64. The Bertz CT molecular complexity index is 2690. The van der Waals surface area contributed by atoms with Gasteiger partial charge in [0.05, 0.1) is 25.4 Å². The number of azide groups is 1. The first-order chi connectivity index (χ1) is 45.7. The summed E-state index contributed by atoms with van der Waals surface area (Å²) in [5.74, 6) is -10.4. The van der Waals surface area contributed by atoms with Crippen molar-refractivity contribution in [1.29, 1.82) is 0 Å². The molecule has 29 nitrogen and oxygen atoms in total. The lowest BCUT2D eigenvalue weighted by molar-refractivity contribution is -0.157. The fourth-order valence-corrected chi connectivity index (χ4v) is 12.7. The maximum Gasteiger partial charge on any atom is 0.246 e. The van der Waals surface area contributed by atoms with Gasteiger partial charge in [-0.2, -0.15) is 0 Å². The molecule has 2 aliphatic heterocycles. The molecule has 2 fully saturated rings. The van der Waals surface area contributed by atoms with Gasteiger partial charge in [-0.05, 0) is 127 Å². The summed E-state index contributed by atoms with van der Waals surface area (Å²) in [7, 11) is 9.81. The average molecular weight is 1390 g/mol. The molecule has 2 aliphatic rings. The smallest absolute Gasteiger partial charge is 0.246 e. The Morgan fingerprint density at radius 2 is 1.01 bits per heavy atom. The maximum absolute atomic E-state index is 15.4. The Balaban J connectivity index is 3.02. The number of ether oxygens (including phenoxy) is 2. The van der Waals surface area contributed by atoms with E-state index in [1.54, 1.807) is 48.5 Å². The minimum absolute atomic E-state index is 0.0360. The zero-order valence-electron chi connectivity index (χ0n) is 63.5. The monoisotopic (exact) mass is 1390 g/mol. The van der Waals surface area contributed by atoms with Gasteiger partial charge in [0.1, 0.15) is 66.5 Å². The number of carbonyl (C=O) groups excluding carboxylic acids is 11. The molecule has 11 amide bonds. The SMILES string of the molecule is CC[C@@H]1NC(=O)[C@H]([C@H](O)[C@H](C)CCCCN=[N+]=[N-])N(C)C(=O)[C@H](C(C)C)N(C)C(=O)[C@H](CC(C)C)N(C)C(=O)[C@H](CC(C)C)N(C)C(=O)[C@@H](C)NC(=O)[C@H](C)NC(=O)[C@H](CC(C)C)N(C)C(=O)[C@H](C(C)C)NC(=O)[C@H]([C@@H](C)OCCCCN2CCOCC2)N(C)C(=O)[C@@H](C)N(C)C1=O. The van der Waals surface area contributed by atoms with Crippen molar-refractivity contribution in [3.05, 3.63) is 10.4 Å². The molecule has 5 N–H and O–H groups in total. The number of aliphatic hydroxyl groups is 1. The number of carbonyl (C=O) groups is 11. The number of rotatable bonds is 23. The molecular formula is C69H125N15O14. The summed E-state index contributed by atoms with van der Waals surface area (Å²) in [5.41, 5.74) is 8.90. The lowest BCUT2D eigenvalue weighted by atomic mass is 9.90. The van der Waals surface area contributed by atoms with E-state index in [0.717, 1.165) is 40.8 Å². The molecule has 0 spiro atoms. The number of aliphatic hydroxyl groups excluding tert-OH is 1. The maximum atomic E-state index is 15.4. The highest BCUT2D eigenvalue weighted by molar-refractivity contribution is 6.00. The topological polar surface area (TPSA) is 349 Å². The molecule has 0 bridgehead atoms. The van der Waals surface area contributed by atoms with Gasteiger partial charge in [-0.1, -0.05) is 94.6 Å². The molecule has 0 aromatic carbocycles. The van der Waals surface area contributed by atoms with Gasteiger partial charge < -0.3 is 70.1 Å². The van der Waals surface area contributed by atoms with Crippen molar-refractivity contribution >= 4 is 65.0 Å². The second-order valence-electron chi connectivity index (χ2n) is 29.1. The van der Waals surface area contributed by atoms with Crippen LogP contribution in [0.2, 0.25) is 0 Å². The van der Waals surface area contributed by atoms with Crippen LogP contribution in [0.1, 0.15) is 169 Å². The minimum Gasteiger partial charge on any atom is -0.390 e. The first-order valence-corrected chi connectivity index (χ1v) is 35.4. The number of amides is 11. The van der Waals surface area contributed by atoms with Gasteiger partial charge in [-0.3, -0.25) is 57.6 Å². The molecule has 0 saturated carbocycles. The fourth-order valence-electron chi connectivity index (χ4n) is 12.7. The molecular weight excluding hydrogens is 1260 g/mol. The molecule has 2 heterocycles. The van der Waals surface area contributed by atoms with Crippen molar-refractivity contribution in [3.8, 4) is 0 Å². The molecule has 14 atom stereocenters. The fraction of sp³-hybridized carbons (Fsp3) is 0.841. The van der Waals surface area contributed by atoms with Crippen molar-refractivity contribution in [2.45, 2.75) is 247 Å². The van der Waals surface area contributed by atoms with Crippen molar-refractivity contribution in [1.82, 2.24) is 60.5 Å². The van der Waals surface area contributed by atoms with Crippen molar-refractivity contribution < 1.29 is 67.3 Å². The molecule has 0 radical (unpaired) electrons. The number of nitrogens with zero attached hydrogens (tertiary/aromatic N) is 11. The van der Waals surface area contributed by atoms with Gasteiger partial charge in [0.2, 0.25) is 65.0 Å². The van der Waals surface area contributed by atoms with Gasteiger partial charge in [0.15, 0.2) is 0 Å². The first-order valence-electron chi connectivity index (χ1n) is 35.4. The highest BCUT2D eigenvalue weighted by atomic mass is 16.5. The summed E-state index contributed by atoms with van der Waals surface area (Å²) >= 11 is 0. The molecule has 0 aliphatic carbocycles. The van der Waals surface area contributed by atoms with E-state index < -0.39 is 161 Å². The Hall–Kier alpha value is -6.68. The van der Waals surface area contributed by atoms with Crippen LogP contribution in [-0.2, 0) is 62.2 Å². The number of nitrogens with one attached hydrogen (secondary N) is 4. The number of morpholine rings is 1. The highest BCUT2D eigenvalue weighted by Gasteiger charge is 2.47. The van der Waals surface area contributed by atoms with Crippen LogP contribution in [0.25, 0.3) is 10.4 Å². The summed E-state index contributed by atoms with van der Waals surface area (Å²) in [6, 6.07) is -14.4. The quantitative estimate of drug-likeness (QED) is 0.0422. The summed E-state index contributed by atoms with van der Waals surface area (Å²) in [5, 5.41) is 27.0. The number of hydrogen-bond acceptors (Lipinski definition) is 16. The second-order valence-corrected chi connectivity index (χ2v) is 29.1. The average Bonchev–Trinajstić information content (AvgIpc) is 0.803. The predicted molar refractivity (Wildman–Crippen MR) is 374 cm³/mol. The van der Waals surface area contributed by atoms with Crippen molar-refractivity contribution in [3.63, 3.8) is 0 Å². The van der Waals surface area contributed by atoms with Crippen LogP contribution < -0.4 is 21.3 Å². The largest absolute Gasteiger partial charge is 0.390 e. The van der Waals surface area contributed by atoms with Crippen LogP contribution >= 0.6 is 0 Å². The van der Waals surface area contributed by atoms with E-state index in [0.29, 0.717) is 38.9 Å². The van der Waals surface area contributed by atoms with Crippen LogP contribution in [0.3, 0.4) is 0 Å². The molecule has 560 valence electrons. The van der Waals surface area contributed by atoms with Gasteiger partial charge in [-0.25, -0.2) is 0 Å². The summed E-state index contributed by atoms with van der Waals surface area (Å²) < 4.78 is 11.9. The first kappa shape index (κ1) is 87.4. The summed E-state index contributed by atoms with van der Waals surface area (Å²) in [4.78, 5) is 177. The van der Waals surface area contributed by atoms with Gasteiger partial charge in [0.25, 0.3) is 0 Å². The van der Waals surface area contributed by atoms with Crippen LogP contribution in [0.15, 0.2) is 5.11 Å². The zero-order valence-corrected chi connectivity index (χ0v) is 63.5. The van der Waals surface area contributed by atoms with Crippen LogP contribution in [0.4, 0.5) is 0 Å². The Morgan fingerprint density at radius 1 is 0.520 bits per heavy atom. The molecule has 0 aromatic rings. The predicted octanol–water partition coefficient (Wildman–Crippen LogP) is 3.64. The number of hydrogen-bond donors (Lipinski definition) is 5. The van der Waals surface area contributed by atoms with Crippen LogP contribution in [0, 0.1) is 35.5 Å². The second kappa shape index (κ2) is 41.8. The molecule has 0 unspecified atom stereocenters. The molecule has 29 heteroatoms. The van der Waals surface area contributed by atoms with E-state index in [2.05, 4.69) is 36.2 Å². The van der Waals surface area contributed by atoms with E-state index >= 15 is 24.0 Å². The van der Waals surface area contributed by atoms with E-state index in [4.69, 9.17) is 15.0 Å². The van der Waals surface area contributed by atoms with Crippen LogP contribution in [0.5, 0.6) is 0 Å². The third kappa shape index (κ3) is 25.2. The van der Waals surface area contributed by atoms with Crippen molar-refractivity contribution in [2.24, 2.45) is 40.6 Å². The minimum atomic E-state index is -1.69. The highest BCUT2D eigenvalue weighted by Crippen LogP contribution is 2.26. The van der Waals surface area contributed by atoms with E-state index in [9.17, 15) is 33.9 Å². The molecule has 2 rings (SSSR count). The molecule has 98 heavy (non-hydrogen) atoms. The number of likely N-dealkylation sites (N-methyl/N-ethyl adjacent to an activating group) is 7. The molecule has 2 saturated heterocycles. The molecule has 0 aromatic heterocycles. The number of unbranched alkanes of at least 4 members (excludes halogenated alkanes) is 2. The van der Waals surface area contributed by atoms with Gasteiger partial charge >= 0.3 is 0 Å². The lowest BCUT2D eigenvalue weighted by Gasteiger charge is -2.41. The normalized spacial score (nSPS) is 26.9. The Labute approximate surface area is 584 Å². The van der Waals surface area contributed by atoms with Gasteiger partial charge in [-0.15, -0.1) is 0 Å². The van der Waals surface area contributed by atoms with Crippen LogP contribution in [-0.4, -0.2) is 283 Å². The Morgan fingerprint density at radius 3 is 1.53 bits per heavy atom. The summed E-state index contributed by atoms with van der Waals surface area (Å²) in [6.45, 7) is 31.3. The standard InChI is InChI=1S/C69H125N15O14/c1-24-50-65(92)77(17)48(15)64(91)82(22)56(49(16)98-34-28-27-31-84-32-35-97-36-33-84)61(88)75-54(43(8)9)68(95)78(18)51(37-40(2)3)60(87)72-46(13)59(86)73-47(14)63(90)79(19)52(38-41(4)5)66(93)80(20)53(39-42(6)7)67(94)81(21)55(44(10)11)69(96)83(23)57(62(89)74-50)58(85)45(12)29-25-26-30-71-76-70/h40-58,85H,24-39H2,1-23H3,(H,72,87)(H,73,86)(H,74,89)(H,75,88)/t45-,46+,47-,48-,49-,50+,51+,52+,53+,54+,55+,56+,57+,58-/m1/s1. The van der Waals surface area contributed by atoms with Crippen molar-refractivity contribution in [2.75, 3.05) is 95.3 Å². The summed E-state index contributed by atoms with van der Waals surface area (Å²) in [6.07, 6.45) is 0.359.